The van der Waals surface area contributed by atoms with Crippen molar-refractivity contribution in [1.29, 1.82) is 0 Å². The topological polar surface area (TPSA) is 36.1 Å². The van der Waals surface area contributed by atoms with Crippen molar-refractivity contribution in [2.45, 2.75) is 31.7 Å². The number of anilines is 1. The van der Waals surface area contributed by atoms with Gasteiger partial charge in [0.15, 0.2) is 0 Å². The Hall–Kier alpha value is -1.49. The second-order valence-corrected chi connectivity index (χ2v) is 6.38. The van der Waals surface area contributed by atoms with Gasteiger partial charge >= 0.3 is 0 Å². The van der Waals surface area contributed by atoms with Gasteiger partial charge in [-0.05, 0) is 57.3 Å². The Labute approximate surface area is 145 Å². The second kappa shape index (κ2) is 9.60. The fourth-order valence-corrected chi connectivity index (χ4v) is 3.28. The molecule has 0 fully saturated rings. The highest BCUT2D eigenvalue weighted by molar-refractivity contribution is 7.98. The van der Waals surface area contributed by atoms with E-state index in [1.54, 1.807) is 17.8 Å². The van der Waals surface area contributed by atoms with Crippen LogP contribution < -0.4 is 16.2 Å². The summed E-state index contributed by atoms with van der Waals surface area (Å²) in [4.78, 5) is 1.24. The lowest BCUT2D eigenvalue weighted by atomic mass is 9.93. The summed E-state index contributed by atoms with van der Waals surface area (Å²) < 4.78 is 0. The minimum Gasteiger partial charge on any atom is -0.321 e. The Bertz CT molecular complexity index is 599. The van der Waals surface area contributed by atoms with Crippen LogP contribution in [0.15, 0.2) is 41.3 Å². The Morgan fingerprint density at radius 1 is 1.26 bits per heavy atom. The lowest BCUT2D eigenvalue weighted by Crippen LogP contribution is -2.24. The third kappa shape index (κ3) is 4.99. The zero-order valence-corrected chi connectivity index (χ0v) is 15.9. The van der Waals surface area contributed by atoms with E-state index in [0.29, 0.717) is 6.04 Å². The number of allylic oxidation sites excluding steroid dienone is 3. The molecule has 3 nitrogen and oxygen atoms in total. The van der Waals surface area contributed by atoms with E-state index < -0.39 is 0 Å². The van der Waals surface area contributed by atoms with Gasteiger partial charge in [-0.3, -0.25) is 0 Å². The van der Waals surface area contributed by atoms with Gasteiger partial charge in [-0.2, -0.15) is 0 Å². The van der Waals surface area contributed by atoms with Gasteiger partial charge in [0, 0.05) is 23.5 Å². The van der Waals surface area contributed by atoms with E-state index >= 15 is 0 Å². The second-order valence-electron chi connectivity index (χ2n) is 5.53. The predicted octanol–water partition coefficient (Wildman–Crippen LogP) is 4.56. The fourth-order valence-electron chi connectivity index (χ4n) is 2.64. The van der Waals surface area contributed by atoms with Crippen molar-refractivity contribution < 1.29 is 0 Å². The van der Waals surface area contributed by atoms with Gasteiger partial charge in [0.05, 0.1) is 5.69 Å². The van der Waals surface area contributed by atoms with E-state index in [-0.39, 0.29) is 0 Å². The first-order valence-corrected chi connectivity index (χ1v) is 9.01. The number of rotatable bonds is 8. The van der Waals surface area contributed by atoms with E-state index in [4.69, 9.17) is 0 Å². The van der Waals surface area contributed by atoms with E-state index in [9.17, 15) is 0 Å². The molecule has 0 saturated carbocycles. The average molecular weight is 332 g/mol. The first-order valence-electron chi connectivity index (χ1n) is 7.79. The number of likely N-dealkylation sites (N-methyl/N-ethyl adjacent to an activating group) is 1. The van der Waals surface area contributed by atoms with E-state index in [0.717, 1.165) is 5.69 Å². The fraction of sp³-hybridized carbons (Fsp3) is 0.368. The van der Waals surface area contributed by atoms with Crippen LogP contribution in [0, 0.1) is 0 Å². The monoisotopic (exact) mass is 331 g/mol. The molecule has 1 unspecified atom stereocenters. The Kier molecular flexibility index (Phi) is 8.17. The number of hydrogen-bond donors (Lipinski definition) is 3. The van der Waals surface area contributed by atoms with Crippen molar-refractivity contribution in [2.24, 2.45) is 0 Å². The molecule has 0 bridgehead atoms. The number of benzene rings is 1. The summed E-state index contributed by atoms with van der Waals surface area (Å²) in [5.74, 6) is 0. The minimum atomic E-state index is 0.298. The summed E-state index contributed by atoms with van der Waals surface area (Å²) in [5, 5.41) is 3.35. The van der Waals surface area contributed by atoms with Crippen LogP contribution in [0.4, 0.5) is 5.69 Å². The molecule has 0 saturated heterocycles. The van der Waals surface area contributed by atoms with Gasteiger partial charge in [-0.25, -0.2) is 5.43 Å². The van der Waals surface area contributed by atoms with Gasteiger partial charge < -0.3 is 10.7 Å². The maximum Gasteiger partial charge on any atom is 0.0577 e. The van der Waals surface area contributed by atoms with Crippen LogP contribution in [-0.2, 0) is 0 Å². The molecule has 23 heavy (non-hydrogen) atoms. The standard InChI is InChI=1S/C19H29N3S/c1-8-9-10-16-17(22-21-6)11-15(12-18(16)23-7)19(13(2)3)14(4)20-5/h8-12,14,20-22H,1H2,2-7H3/b10-9-. The molecule has 1 aromatic rings. The minimum absolute atomic E-state index is 0.298. The first kappa shape index (κ1) is 19.6. The van der Waals surface area contributed by atoms with Gasteiger partial charge in [0.1, 0.15) is 0 Å². The van der Waals surface area contributed by atoms with E-state index in [1.807, 2.05) is 20.2 Å². The molecule has 0 aromatic heterocycles. The predicted molar refractivity (Wildman–Crippen MR) is 107 cm³/mol. The molecule has 126 valence electrons. The molecule has 0 aliphatic heterocycles. The van der Waals surface area contributed by atoms with Crippen molar-refractivity contribution in [3.63, 3.8) is 0 Å². The van der Waals surface area contributed by atoms with Crippen molar-refractivity contribution in [3.8, 4) is 0 Å². The largest absolute Gasteiger partial charge is 0.321 e. The van der Waals surface area contributed by atoms with Gasteiger partial charge in [-0.15, -0.1) is 11.8 Å². The molecular weight excluding hydrogens is 302 g/mol. The number of nitrogens with one attached hydrogen (secondary N) is 3. The molecule has 0 aliphatic carbocycles. The van der Waals surface area contributed by atoms with Crippen LogP contribution in [0.5, 0.6) is 0 Å². The maximum atomic E-state index is 3.76. The van der Waals surface area contributed by atoms with Crippen molar-refractivity contribution in [2.75, 3.05) is 25.8 Å². The molecule has 4 heteroatoms. The SMILES string of the molecule is C=C/C=C\c1c(NNC)cc(C(=C(C)C)C(C)NC)cc1SC. The van der Waals surface area contributed by atoms with Crippen molar-refractivity contribution >= 4 is 29.1 Å². The highest BCUT2D eigenvalue weighted by Crippen LogP contribution is 2.34. The summed E-state index contributed by atoms with van der Waals surface area (Å²) in [6.07, 6.45) is 7.96. The van der Waals surface area contributed by atoms with Crippen LogP contribution in [0.2, 0.25) is 0 Å². The molecule has 0 spiro atoms. The van der Waals surface area contributed by atoms with Crippen molar-refractivity contribution in [3.05, 3.63) is 47.6 Å². The number of hydrazine groups is 1. The molecule has 3 N–H and O–H groups in total. The highest BCUT2D eigenvalue weighted by Gasteiger charge is 2.15. The molecule has 0 heterocycles. The average Bonchev–Trinajstić information content (AvgIpc) is 2.53. The third-order valence-electron chi connectivity index (χ3n) is 3.74. The number of hydrogen-bond acceptors (Lipinski definition) is 4. The van der Waals surface area contributed by atoms with Crippen LogP contribution in [0.3, 0.4) is 0 Å². The lowest BCUT2D eigenvalue weighted by Gasteiger charge is -2.21. The van der Waals surface area contributed by atoms with Gasteiger partial charge in [-0.1, -0.05) is 30.4 Å². The first-order chi connectivity index (χ1) is 11.0. The summed E-state index contributed by atoms with van der Waals surface area (Å²) in [6.45, 7) is 10.3. The summed E-state index contributed by atoms with van der Waals surface area (Å²) in [7, 11) is 3.88. The molecule has 1 atom stereocenters. The molecular formula is C19H29N3S. The quantitative estimate of drug-likeness (QED) is 0.371. The lowest BCUT2D eigenvalue weighted by molar-refractivity contribution is 0.740. The number of thioether (sulfide) groups is 1. The third-order valence-corrected chi connectivity index (χ3v) is 4.51. The highest BCUT2D eigenvalue weighted by atomic mass is 32.2. The molecule has 1 aromatic carbocycles. The Morgan fingerprint density at radius 3 is 2.43 bits per heavy atom. The molecule has 0 radical (unpaired) electrons. The zero-order valence-electron chi connectivity index (χ0n) is 15.1. The Morgan fingerprint density at radius 2 is 1.96 bits per heavy atom. The zero-order chi connectivity index (χ0) is 17.4. The molecule has 1 rings (SSSR count). The molecule has 0 aliphatic rings. The van der Waals surface area contributed by atoms with Crippen LogP contribution in [-0.4, -0.2) is 26.4 Å². The summed E-state index contributed by atoms with van der Waals surface area (Å²) >= 11 is 1.75. The van der Waals surface area contributed by atoms with Crippen LogP contribution in [0.25, 0.3) is 11.6 Å². The van der Waals surface area contributed by atoms with Crippen LogP contribution >= 0.6 is 11.8 Å². The Balaban J connectivity index is 3.58. The smallest absolute Gasteiger partial charge is 0.0577 e. The van der Waals surface area contributed by atoms with E-state index in [2.05, 4.69) is 68.0 Å². The summed E-state index contributed by atoms with van der Waals surface area (Å²) in [5.41, 5.74) is 12.4. The van der Waals surface area contributed by atoms with Crippen LogP contribution in [0.1, 0.15) is 31.9 Å². The van der Waals surface area contributed by atoms with Crippen molar-refractivity contribution in [1.82, 2.24) is 10.7 Å². The van der Waals surface area contributed by atoms with Gasteiger partial charge in [0.25, 0.3) is 0 Å². The molecule has 0 amide bonds. The van der Waals surface area contributed by atoms with E-state index in [1.165, 1.54) is 27.2 Å². The summed E-state index contributed by atoms with van der Waals surface area (Å²) in [6, 6.07) is 4.77. The maximum absolute atomic E-state index is 3.76. The van der Waals surface area contributed by atoms with Gasteiger partial charge in [0.2, 0.25) is 0 Å². The normalized spacial score (nSPS) is 12.3.